The summed E-state index contributed by atoms with van der Waals surface area (Å²) in [6.45, 7) is 0.978. The number of carbonyl (C=O) groups is 1. The SMILES string of the molecule is CC(=O)COc1ccccc1OC(F)(F)F. The van der Waals surface area contributed by atoms with E-state index in [1.54, 1.807) is 0 Å². The van der Waals surface area contributed by atoms with Crippen LogP contribution >= 0.6 is 0 Å². The highest BCUT2D eigenvalue weighted by molar-refractivity contribution is 5.77. The largest absolute Gasteiger partial charge is 0.573 e. The number of hydrogen-bond acceptors (Lipinski definition) is 3. The van der Waals surface area contributed by atoms with Crippen LogP contribution < -0.4 is 9.47 Å². The number of ketones is 1. The van der Waals surface area contributed by atoms with Gasteiger partial charge in [-0.25, -0.2) is 0 Å². The number of hydrogen-bond donors (Lipinski definition) is 0. The summed E-state index contributed by atoms with van der Waals surface area (Å²) >= 11 is 0. The molecule has 16 heavy (non-hydrogen) atoms. The Morgan fingerprint density at radius 2 is 1.81 bits per heavy atom. The third kappa shape index (κ3) is 4.20. The summed E-state index contributed by atoms with van der Waals surface area (Å²) in [5.74, 6) is -0.868. The van der Waals surface area contributed by atoms with Crippen LogP contribution in [-0.2, 0) is 4.79 Å². The second-order valence-electron chi connectivity index (χ2n) is 2.99. The van der Waals surface area contributed by atoms with Gasteiger partial charge in [0.2, 0.25) is 0 Å². The van der Waals surface area contributed by atoms with Gasteiger partial charge in [-0.1, -0.05) is 12.1 Å². The highest BCUT2D eigenvalue weighted by Crippen LogP contribution is 2.31. The Kier molecular flexibility index (Phi) is 3.76. The number of carbonyl (C=O) groups excluding carboxylic acids is 1. The minimum atomic E-state index is -4.78. The third-order valence-electron chi connectivity index (χ3n) is 1.51. The first-order chi connectivity index (χ1) is 7.38. The van der Waals surface area contributed by atoms with Crippen molar-refractivity contribution in [1.29, 1.82) is 0 Å². The third-order valence-corrected chi connectivity index (χ3v) is 1.51. The van der Waals surface area contributed by atoms with Crippen molar-refractivity contribution in [3.05, 3.63) is 24.3 Å². The molecular weight excluding hydrogens is 225 g/mol. The molecule has 0 spiro atoms. The summed E-state index contributed by atoms with van der Waals surface area (Å²) in [5, 5.41) is 0. The van der Waals surface area contributed by atoms with Crippen LogP contribution in [0, 0.1) is 0 Å². The van der Waals surface area contributed by atoms with E-state index in [9.17, 15) is 18.0 Å². The smallest absolute Gasteiger partial charge is 0.482 e. The van der Waals surface area contributed by atoms with Crippen LogP contribution in [0.3, 0.4) is 0 Å². The van der Waals surface area contributed by atoms with Crippen LogP contribution in [0.5, 0.6) is 11.5 Å². The molecule has 88 valence electrons. The molecule has 0 aromatic heterocycles. The molecule has 1 rings (SSSR count). The number of alkyl halides is 3. The maximum Gasteiger partial charge on any atom is 0.573 e. The van der Waals surface area contributed by atoms with Gasteiger partial charge < -0.3 is 9.47 Å². The van der Waals surface area contributed by atoms with Gasteiger partial charge in [-0.3, -0.25) is 4.79 Å². The van der Waals surface area contributed by atoms with E-state index < -0.39 is 12.1 Å². The van der Waals surface area contributed by atoms with Crippen molar-refractivity contribution in [3.63, 3.8) is 0 Å². The Balaban J connectivity index is 2.79. The van der Waals surface area contributed by atoms with Crippen molar-refractivity contribution in [2.24, 2.45) is 0 Å². The highest BCUT2D eigenvalue weighted by atomic mass is 19.4. The van der Waals surface area contributed by atoms with Crippen LogP contribution in [0.4, 0.5) is 13.2 Å². The number of Topliss-reactive ketones (excluding diaryl/α,β-unsaturated/α-hetero) is 1. The molecule has 0 aliphatic rings. The Morgan fingerprint density at radius 1 is 1.25 bits per heavy atom. The summed E-state index contributed by atoms with van der Waals surface area (Å²) < 4.78 is 44.5. The second kappa shape index (κ2) is 4.87. The molecule has 0 aliphatic heterocycles. The topological polar surface area (TPSA) is 35.5 Å². The number of halogens is 3. The van der Waals surface area contributed by atoms with Gasteiger partial charge in [0.1, 0.15) is 6.61 Å². The van der Waals surface area contributed by atoms with Crippen LogP contribution in [0.15, 0.2) is 24.3 Å². The first kappa shape index (κ1) is 12.4. The van der Waals surface area contributed by atoms with Crippen LogP contribution in [0.2, 0.25) is 0 Å². The Hall–Kier alpha value is -1.72. The Bertz CT molecular complexity index is 374. The average molecular weight is 234 g/mol. The summed E-state index contributed by atoms with van der Waals surface area (Å²) in [5.41, 5.74) is 0. The molecular formula is C10H9F3O3. The van der Waals surface area contributed by atoms with Gasteiger partial charge in [-0.05, 0) is 19.1 Å². The van der Waals surface area contributed by atoms with Crippen molar-refractivity contribution in [2.75, 3.05) is 6.61 Å². The highest BCUT2D eigenvalue weighted by Gasteiger charge is 2.32. The average Bonchev–Trinajstić information content (AvgIpc) is 2.14. The lowest BCUT2D eigenvalue weighted by molar-refractivity contribution is -0.275. The molecule has 0 amide bonds. The zero-order valence-corrected chi connectivity index (χ0v) is 8.38. The fourth-order valence-corrected chi connectivity index (χ4v) is 0.958. The molecule has 0 fully saturated rings. The molecule has 0 aliphatic carbocycles. The van der Waals surface area contributed by atoms with E-state index in [-0.39, 0.29) is 18.1 Å². The van der Waals surface area contributed by atoms with Gasteiger partial charge in [0.15, 0.2) is 17.3 Å². The molecule has 0 heterocycles. The van der Waals surface area contributed by atoms with Gasteiger partial charge in [0, 0.05) is 0 Å². The van der Waals surface area contributed by atoms with Crippen LogP contribution in [0.25, 0.3) is 0 Å². The van der Waals surface area contributed by atoms with Crippen molar-refractivity contribution < 1.29 is 27.4 Å². The number of para-hydroxylation sites is 2. The monoisotopic (exact) mass is 234 g/mol. The quantitative estimate of drug-likeness (QED) is 0.803. The van der Waals surface area contributed by atoms with Gasteiger partial charge >= 0.3 is 6.36 Å². The molecule has 1 aromatic carbocycles. The van der Waals surface area contributed by atoms with E-state index in [0.29, 0.717) is 0 Å². The maximum atomic E-state index is 12.0. The molecule has 0 N–H and O–H groups in total. The fraction of sp³-hybridized carbons (Fsp3) is 0.300. The van der Waals surface area contributed by atoms with Crippen LogP contribution in [-0.4, -0.2) is 18.8 Å². The molecule has 0 saturated carbocycles. The van der Waals surface area contributed by atoms with Gasteiger partial charge in [-0.2, -0.15) is 0 Å². The van der Waals surface area contributed by atoms with Crippen LogP contribution in [0.1, 0.15) is 6.92 Å². The lowest BCUT2D eigenvalue weighted by Crippen LogP contribution is -2.18. The van der Waals surface area contributed by atoms with E-state index >= 15 is 0 Å². The number of benzene rings is 1. The standard InChI is InChI=1S/C10H9F3O3/c1-7(14)6-15-8-4-2-3-5-9(8)16-10(11,12)13/h2-5H,6H2,1H3. The molecule has 6 heteroatoms. The fourth-order valence-electron chi connectivity index (χ4n) is 0.958. The van der Waals surface area contributed by atoms with E-state index in [2.05, 4.69) is 4.74 Å². The van der Waals surface area contributed by atoms with Crippen molar-refractivity contribution in [1.82, 2.24) is 0 Å². The van der Waals surface area contributed by atoms with Gasteiger partial charge in [0.25, 0.3) is 0 Å². The zero-order valence-electron chi connectivity index (χ0n) is 8.38. The molecule has 0 radical (unpaired) electrons. The van der Waals surface area contributed by atoms with E-state index in [0.717, 1.165) is 6.07 Å². The Labute approximate surface area is 89.8 Å². The molecule has 1 aromatic rings. The molecule has 0 unspecified atom stereocenters. The predicted molar refractivity (Wildman–Crippen MR) is 49.3 cm³/mol. The second-order valence-corrected chi connectivity index (χ2v) is 2.99. The van der Waals surface area contributed by atoms with Crippen molar-refractivity contribution in [2.45, 2.75) is 13.3 Å². The van der Waals surface area contributed by atoms with E-state index in [1.807, 2.05) is 0 Å². The number of rotatable bonds is 4. The summed E-state index contributed by atoms with van der Waals surface area (Å²) in [6, 6.07) is 5.27. The van der Waals surface area contributed by atoms with Crippen molar-refractivity contribution >= 4 is 5.78 Å². The predicted octanol–water partition coefficient (Wildman–Crippen LogP) is 2.55. The first-order valence-electron chi connectivity index (χ1n) is 4.35. The maximum absolute atomic E-state index is 12.0. The van der Waals surface area contributed by atoms with Crippen molar-refractivity contribution in [3.8, 4) is 11.5 Å². The van der Waals surface area contributed by atoms with E-state index in [1.165, 1.54) is 25.1 Å². The summed E-state index contributed by atoms with van der Waals surface area (Å²) in [6.07, 6.45) is -4.78. The molecule has 0 saturated heterocycles. The lowest BCUT2D eigenvalue weighted by atomic mass is 10.3. The van der Waals surface area contributed by atoms with Gasteiger partial charge in [0.05, 0.1) is 0 Å². The molecule has 0 bridgehead atoms. The lowest BCUT2D eigenvalue weighted by Gasteiger charge is -2.12. The summed E-state index contributed by atoms with van der Waals surface area (Å²) in [7, 11) is 0. The zero-order chi connectivity index (χ0) is 12.2. The Morgan fingerprint density at radius 3 is 2.31 bits per heavy atom. The first-order valence-corrected chi connectivity index (χ1v) is 4.35. The van der Waals surface area contributed by atoms with E-state index in [4.69, 9.17) is 4.74 Å². The minimum absolute atomic E-state index is 0.116. The number of ether oxygens (including phenoxy) is 2. The normalized spacial score (nSPS) is 11.0. The molecule has 3 nitrogen and oxygen atoms in total. The summed E-state index contributed by atoms with van der Waals surface area (Å²) in [4.78, 5) is 10.6. The molecule has 0 atom stereocenters. The minimum Gasteiger partial charge on any atom is -0.482 e. The van der Waals surface area contributed by atoms with Gasteiger partial charge in [-0.15, -0.1) is 13.2 Å².